The smallest absolute Gasteiger partial charge is 0.130 e. The van der Waals surface area contributed by atoms with Gasteiger partial charge < -0.3 is 4.74 Å². The molecule has 0 fully saturated rings. The van der Waals surface area contributed by atoms with Crippen molar-refractivity contribution in [3.05, 3.63) is 33.9 Å². The van der Waals surface area contributed by atoms with Crippen LogP contribution in [0.15, 0.2) is 17.7 Å². The molecule has 0 aliphatic carbocycles. The highest BCUT2D eigenvalue weighted by Gasteiger charge is 2.11. The molecule has 0 aromatic heterocycles. The summed E-state index contributed by atoms with van der Waals surface area (Å²) in [6.07, 6.45) is 2.12. The number of rotatable bonds is 0. The Hall–Kier alpha value is -0.950. The average molecular weight is 195 g/mol. The van der Waals surface area contributed by atoms with Crippen LogP contribution in [-0.2, 0) is 0 Å². The topological polar surface area (TPSA) is 9.23 Å². The highest BCUT2D eigenvalue weighted by molar-refractivity contribution is 6.30. The van der Waals surface area contributed by atoms with Gasteiger partial charge in [0.15, 0.2) is 0 Å². The number of aryl methyl sites for hydroxylation is 1. The van der Waals surface area contributed by atoms with Crippen LogP contribution >= 0.6 is 11.6 Å². The van der Waals surface area contributed by atoms with Crippen LogP contribution in [0, 0.1) is 6.92 Å². The number of hydrogen-bond acceptors (Lipinski definition) is 1. The van der Waals surface area contributed by atoms with Gasteiger partial charge in [0.05, 0.1) is 0 Å². The SMILES string of the molecule is CC1=Cc2cc(Cl)cc(C)c2OC1. The Morgan fingerprint density at radius 1 is 1.31 bits per heavy atom. The van der Waals surface area contributed by atoms with E-state index in [9.17, 15) is 0 Å². The first-order valence-corrected chi connectivity index (χ1v) is 4.65. The van der Waals surface area contributed by atoms with E-state index >= 15 is 0 Å². The molecule has 1 aliphatic rings. The van der Waals surface area contributed by atoms with E-state index in [4.69, 9.17) is 16.3 Å². The van der Waals surface area contributed by atoms with E-state index in [-0.39, 0.29) is 0 Å². The zero-order chi connectivity index (χ0) is 9.42. The minimum atomic E-state index is 0.690. The number of halogens is 1. The lowest BCUT2D eigenvalue weighted by Gasteiger charge is -2.18. The maximum atomic E-state index is 5.94. The van der Waals surface area contributed by atoms with Gasteiger partial charge in [0, 0.05) is 10.6 Å². The van der Waals surface area contributed by atoms with E-state index in [0.717, 1.165) is 21.9 Å². The van der Waals surface area contributed by atoms with Crippen molar-refractivity contribution < 1.29 is 4.74 Å². The molecule has 2 heteroatoms. The summed E-state index contributed by atoms with van der Waals surface area (Å²) in [5, 5.41) is 0.769. The predicted molar refractivity (Wildman–Crippen MR) is 55.3 cm³/mol. The molecular weight excluding hydrogens is 184 g/mol. The van der Waals surface area contributed by atoms with Crippen LogP contribution in [0.2, 0.25) is 5.02 Å². The van der Waals surface area contributed by atoms with E-state index < -0.39 is 0 Å². The average Bonchev–Trinajstić information content (AvgIpc) is 2.02. The largest absolute Gasteiger partial charge is 0.488 e. The molecule has 0 bridgehead atoms. The first kappa shape index (κ1) is 8.64. The number of benzene rings is 1. The van der Waals surface area contributed by atoms with Crippen LogP contribution in [-0.4, -0.2) is 6.61 Å². The minimum absolute atomic E-state index is 0.690. The minimum Gasteiger partial charge on any atom is -0.488 e. The third kappa shape index (κ3) is 1.56. The van der Waals surface area contributed by atoms with Crippen LogP contribution in [0.25, 0.3) is 6.08 Å². The van der Waals surface area contributed by atoms with Gasteiger partial charge in [0.25, 0.3) is 0 Å². The molecule has 1 aromatic rings. The molecular formula is C11H11ClO. The molecule has 1 nitrogen and oxygen atoms in total. The van der Waals surface area contributed by atoms with Gasteiger partial charge in [-0.3, -0.25) is 0 Å². The number of ether oxygens (including phenoxy) is 1. The molecule has 0 radical (unpaired) electrons. The maximum absolute atomic E-state index is 5.94. The highest BCUT2D eigenvalue weighted by Crippen LogP contribution is 2.32. The van der Waals surface area contributed by atoms with Gasteiger partial charge in [0.1, 0.15) is 12.4 Å². The second-order valence-electron chi connectivity index (χ2n) is 3.42. The van der Waals surface area contributed by atoms with E-state index in [1.165, 1.54) is 5.57 Å². The molecule has 0 N–H and O–H groups in total. The van der Waals surface area contributed by atoms with Crippen molar-refractivity contribution in [2.45, 2.75) is 13.8 Å². The van der Waals surface area contributed by atoms with Crippen molar-refractivity contribution in [3.63, 3.8) is 0 Å². The standard InChI is InChI=1S/C11H11ClO/c1-7-3-9-5-10(12)4-8(2)11(9)13-6-7/h3-5H,6H2,1-2H3. The summed E-state index contributed by atoms with van der Waals surface area (Å²) < 4.78 is 5.59. The van der Waals surface area contributed by atoms with E-state index in [0.29, 0.717) is 6.61 Å². The fourth-order valence-corrected chi connectivity index (χ4v) is 1.83. The summed E-state index contributed by atoms with van der Waals surface area (Å²) in [5.74, 6) is 0.968. The fraction of sp³-hybridized carbons (Fsp3) is 0.273. The van der Waals surface area contributed by atoms with E-state index in [2.05, 4.69) is 13.0 Å². The summed E-state index contributed by atoms with van der Waals surface area (Å²) in [5.41, 5.74) is 3.43. The van der Waals surface area contributed by atoms with Crippen molar-refractivity contribution in [1.29, 1.82) is 0 Å². The lowest BCUT2D eigenvalue weighted by molar-refractivity contribution is 0.345. The molecule has 13 heavy (non-hydrogen) atoms. The summed E-state index contributed by atoms with van der Waals surface area (Å²) in [7, 11) is 0. The highest BCUT2D eigenvalue weighted by atomic mass is 35.5. The van der Waals surface area contributed by atoms with Crippen molar-refractivity contribution in [1.82, 2.24) is 0 Å². The lowest BCUT2D eigenvalue weighted by Crippen LogP contribution is -2.06. The zero-order valence-electron chi connectivity index (χ0n) is 7.73. The Morgan fingerprint density at radius 3 is 2.85 bits per heavy atom. The Kier molecular flexibility index (Phi) is 2.04. The molecule has 2 rings (SSSR count). The third-order valence-corrected chi connectivity index (χ3v) is 2.33. The van der Waals surface area contributed by atoms with Gasteiger partial charge in [-0.25, -0.2) is 0 Å². The molecule has 0 unspecified atom stereocenters. The second kappa shape index (κ2) is 3.08. The summed E-state index contributed by atoms with van der Waals surface area (Å²) in [6, 6.07) is 3.86. The van der Waals surface area contributed by atoms with Crippen molar-refractivity contribution in [2.24, 2.45) is 0 Å². The Bertz CT molecular complexity index is 380. The van der Waals surface area contributed by atoms with Crippen molar-refractivity contribution in [3.8, 4) is 5.75 Å². The zero-order valence-corrected chi connectivity index (χ0v) is 8.48. The molecule has 1 aromatic carbocycles. The molecule has 0 spiro atoms. The van der Waals surface area contributed by atoms with Crippen LogP contribution in [0.3, 0.4) is 0 Å². The summed E-state index contributed by atoms with van der Waals surface area (Å²) in [6.45, 7) is 4.76. The molecule has 0 saturated heterocycles. The van der Waals surface area contributed by atoms with Gasteiger partial charge in [-0.1, -0.05) is 11.6 Å². The molecule has 0 amide bonds. The lowest BCUT2D eigenvalue weighted by atomic mass is 10.1. The van der Waals surface area contributed by atoms with Crippen LogP contribution in [0.4, 0.5) is 0 Å². The van der Waals surface area contributed by atoms with Gasteiger partial charge in [-0.2, -0.15) is 0 Å². The quantitative estimate of drug-likeness (QED) is 0.615. The van der Waals surface area contributed by atoms with Gasteiger partial charge in [0.2, 0.25) is 0 Å². The molecule has 1 heterocycles. The summed E-state index contributed by atoms with van der Waals surface area (Å²) >= 11 is 5.94. The monoisotopic (exact) mass is 194 g/mol. The van der Waals surface area contributed by atoms with Crippen LogP contribution < -0.4 is 4.74 Å². The molecule has 68 valence electrons. The number of hydrogen-bond donors (Lipinski definition) is 0. The van der Waals surface area contributed by atoms with Gasteiger partial charge in [-0.05, 0) is 43.2 Å². The molecule has 1 aliphatic heterocycles. The van der Waals surface area contributed by atoms with Gasteiger partial charge >= 0.3 is 0 Å². The van der Waals surface area contributed by atoms with E-state index in [1.54, 1.807) is 0 Å². The normalized spacial score (nSPS) is 14.5. The molecule has 0 saturated carbocycles. The van der Waals surface area contributed by atoms with E-state index in [1.807, 2.05) is 19.1 Å². The fourth-order valence-electron chi connectivity index (χ4n) is 1.55. The summed E-state index contributed by atoms with van der Waals surface area (Å²) in [4.78, 5) is 0. The number of fused-ring (bicyclic) bond motifs is 1. The van der Waals surface area contributed by atoms with Gasteiger partial charge in [-0.15, -0.1) is 0 Å². The Morgan fingerprint density at radius 2 is 2.08 bits per heavy atom. The second-order valence-corrected chi connectivity index (χ2v) is 3.86. The van der Waals surface area contributed by atoms with Crippen molar-refractivity contribution in [2.75, 3.05) is 6.61 Å². The van der Waals surface area contributed by atoms with Crippen LogP contribution in [0.1, 0.15) is 18.1 Å². The first-order valence-electron chi connectivity index (χ1n) is 4.27. The van der Waals surface area contributed by atoms with Crippen LogP contribution in [0.5, 0.6) is 5.75 Å². The molecule has 0 atom stereocenters. The Balaban J connectivity index is 2.61. The first-order chi connectivity index (χ1) is 6.16. The maximum Gasteiger partial charge on any atom is 0.130 e. The third-order valence-electron chi connectivity index (χ3n) is 2.11. The Labute approximate surface area is 83.0 Å². The van der Waals surface area contributed by atoms with Crippen molar-refractivity contribution >= 4 is 17.7 Å². The predicted octanol–water partition coefficient (Wildman–Crippen LogP) is 3.44.